The van der Waals surface area contributed by atoms with Crippen LogP contribution in [-0.4, -0.2) is 31.8 Å². The average Bonchev–Trinajstić information content (AvgIpc) is 3.05. The van der Waals surface area contributed by atoms with Crippen LogP contribution in [0, 0.1) is 5.92 Å². The van der Waals surface area contributed by atoms with Gasteiger partial charge in [-0.15, -0.1) is 11.3 Å². The molecule has 0 aliphatic carbocycles. The van der Waals surface area contributed by atoms with Crippen molar-refractivity contribution < 1.29 is 23.8 Å². The number of fused-ring (bicyclic) bond motifs is 1. The molecule has 0 radical (unpaired) electrons. The van der Waals surface area contributed by atoms with Gasteiger partial charge in [0.25, 0.3) is 0 Å². The lowest BCUT2D eigenvalue weighted by molar-refractivity contribution is 0.00124. The topological polar surface area (TPSA) is 85.9 Å². The molecule has 8 heteroatoms. The van der Waals surface area contributed by atoms with Gasteiger partial charge < -0.3 is 19.5 Å². The van der Waals surface area contributed by atoms with Gasteiger partial charge in [-0.3, -0.25) is 5.32 Å². The Balaban J connectivity index is 1.82. The number of urea groups is 1. The predicted molar refractivity (Wildman–Crippen MR) is 113 cm³/mol. The van der Waals surface area contributed by atoms with Crippen molar-refractivity contribution in [3.05, 3.63) is 40.3 Å². The summed E-state index contributed by atoms with van der Waals surface area (Å²) in [6, 6.07) is 6.57. The van der Waals surface area contributed by atoms with Gasteiger partial charge in [0.05, 0.1) is 32.0 Å². The quantitative estimate of drug-likeness (QED) is 0.666. The Morgan fingerprint density at radius 2 is 1.97 bits per heavy atom. The maximum absolute atomic E-state index is 12.6. The van der Waals surface area contributed by atoms with Crippen LogP contribution < -0.4 is 15.4 Å². The summed E-state index contributed by atoms with van der Waals surface area (Å²) in [5, 5.41) is 6.05. The second-order valence-corrected chi connectivity index (χ2v) is 8.14. The Kier molecular flexibility index (Phi) is 6.76. The summed E-state index contributed by atoms with van der Waals surface area (Å²) >= 11 is 1.36. The number of amides is 2. The van der Waals surface area contributed by atoms with E-state index in [1.54, 1.807) is 38.3 Å². The molecule has 0 unspecified atom stereocenters. The Morgan fingerprint density at radius 3 is 2.59 bits per heavy atom. The molecule has 1 aliphatic heterocycles. The molecular formula is C21H26N2O5S. The fourth-order valence-electron chi connectivity index (χ4n) is 3.16. The standard InChI is InChI=1S/C21H26N2O5S/c1-5-27-20(24)18-15-10-16(12(2)3)28-11-17(15)29-19(18)23-21(25)22-13-6-8-14(26-4)9-7-13/h6-9,12,16H,5,10-11H2,1-4H3,(H2,22,23,25)/t16-/m1/s1. The summed E-state index contributed by atoms with van der Waals surface area (Å²) in [4.78, 5) is 26.1. The van der Waals surface area contributed by atoms with E-state index in [9.17, 15) is 9.59 Å². The number of anilines is 2. The van der Waals surface area contributed by atoms with Gasteiger partial charge in [0.15, 0.2) is 0 Å². The number of carbonyl (C=O) groups is 2. The summed E-state index contributed by atoms with van der Waals surface area (Å²) in [5.74, 6) is 0.605. The summed E-state index contributed by atoms with van der Waals surface area (Å²) < 4.78 is 16.3. The molecule has 1 atom stereocenters. The van der Waals surface area contributed by atoms with E-state index in [-0.39, 0.29) is 12.7 Å². The number of hydrogen-bond acceptors (Lipinski definition) is 6. The lowest BCUT2D eigenvalue weighted by Crippen LogP contribution is -2.27. The maximum atomic E-state index is 12.6. The maximum Gasteiger partial charge on any atom is 0.341 e. The number of methoxy groups -OCH3 is 1. The van der Waals surface area contributed by atoms with Gasteiger partial charge in [-0.25, -0.2) is 9.59 Å². The highest BCUT2D eigenvalue weighted by molar-refractivity contribution is 7.17. The summed E-state index contributed by atoms with van der Waals surface area (Å²) in [6.07, 6.45) is 0.658. The van der Waals surface area contributed by atoms with E-state index >= 15 is 0 Å². The Hall–Kier alpha value is -2.58. The number of esters is 1. The van der Waals surface area contributed by atoms with E-state index in [0.717, 1.165) is 10.4 Å². The number of rotatable bonds is 6. The van der Waals surface area contributed by atoms with Crippen molar-refractivity contribution in [1.82, 2.24) is 0 Å². The first-order valence-corrected chi connectivity index (χ1v) is 10.4. The van der Waals surface area contributed by atoms with E-state index in [1.165, 1.54) is 11.3 Å². The summed E-state index contributed by atoms with van der Waals surface area (Å²) in [6.45, 7) is 6.64. The molecule has 2 aromatic rings. The van der Waals surface area contributed by atoms with E-state index in [2.05, 4.69) is 24.5 Å². The van der Waals surface area contributed by atoms with Crippen LogP contribution in [0.15, 0.2) is 24.3 Å². The molecule has 3 rings (SSSR count). The number of nitrogens with one attached hydrogen (secondary N) is 2. The first-order chi connectivity index (χ1) is 13.9. The molecule has 2 heterocycles. The third kappa shape index (κ3) is 4.89. The highest BCUT2D eigenvalue weighted by Crippen LogP contribution is 2.39. The van der Waals surface area contributed by atoms with Gasteiger partial charge in [0.1, 0.15) is 10.8 Å². The molecule has 0 saturated carbocycles. The van der Waals surface area contributed by atoms with Crippen LogP contribution in [0.1, 0.15) is 41.6 Å². The van der Waals surface area contributed by atoms with Crippen LogP contribution in [0.25, 0.3) is 0 Å². The van der Waals surface area contributed by atoms with E-state index < -0.39 is 12.0 Å². The Morgan fingerprint density at radius 1 is 1.24 bits per heavy atom. The second-order valence-electron chi connectivity index (χ2n) is 7.03. The van der Waals surface area contributed by atoms with Crippen molar-refractivity contribution in [3.63, 3.8) is 0 Å². The zero-order valence-electron chi connectivity index (χ0n) is 17.0. The lowest BCUT2D eigenvalue weighted by Gasteiger charge is -2.26. The van der Waals surface area contributed by atoms with Crippen molar-refractivity contribution in [1.29, 1.82) is 0 Å². The fourth-order valence-corrected chi connectivity index (χ4v) is 4.30. The molecule has 0 bridgehead atoms. The minimum atomic E-state index is -0.430. The number of carbonyl (C=O) groups excluding carboxylic acids is 2. The summed E-state index contributed by atoms with van der Waals surface area (Å²) in [5.41, 5.74) is 1.97. The van der Waals surface area contributed by atoms with Gasteiger partial charge in [0, 0.05) is 17.0 Å². The first-order valence-electron chi connectivity index (χ1n) is 9.58. The molecule has 2 N–H and O–H groups in total. The third-order valence-corrected chi connectivity index (χ3v) is 5.84. The van der Waals surface area contributed by atoms with Crippen molar-refractivity contribution in [3.8, 4) is 5.75 Å². The van der Waals surface area contributed by atoms with Crippen LogP contribution in [-0.2, 0) is 22.5 Å². The van der Waals surface area contributed by atoms with E-state index in [1.807, 2.05) is 0 Å². The fraction of sp³-hybridized carbons (Fsp3) is 0.429. The lowest BCUT2D eigenvalue weighted by atomic mass is 9.94. The monoisotopic (exact) mass is 418 g/mol. The predicted octanol–water partition coefficient (Wildman–Crippen LogP) is 4.67. The van der Waals surface area contributed by atoms with E-state index in [0.29, 0.717) is 40.9 Å². The van der Waals surface area contributed by atoms with Gasteiger partial charge in [-0.05, 0) is 42.7 Å². The van der Waals surface area contributed by atoms with Crippen LogP contribution in [0.3, 0.4) is 0 Å². The summed E-state index contributed by atoms with van der Waals surface area (Å²) in [7, 11) is 1.58. The highest BCUT2D eigenvalue weighted by Gasteiger charge is 2.32. The van der Waals surface area contributed by atoms with Crippen molar-refractivity contribution in [2.24, 2.45) is 5.92 Å². The molecular weight excluding hydrogens is 392 g/mol. The molecule has 1 aromatic heterocycles. The molecule has 0 saturated heterocycles. The normalized spacial score (nSPS) is 15.6. The molecule has 7 nitrogen and oxygen atoms in total. The second kappa shape index (κ2) is 9.28. The number of thiophene rings is 1. The number of benzene rings is 1. The smallest absolute Gasteiger partial charge is 0.341 e. The van der Waals surface area contributed by atoms with Crippen LogP contribution in [0.2, 0.25) is 0 Å². The van der Waals surface area contributed by atoms with Crippen molar-refractivity contribution >= 4 is 34.0 Å². The first kappa shape index (κ1) is 21.1. The van der Waals surface area contributed by atoms with Gasteiger partial charge in [-0.1, -0.05) is 13.8 Å². The zero-order valence-corrected chi connectivity index (χ0v) is 17.9. The highest BCUT2D eigenvalue weighted by atomic mass is 32.1. The minimum Gasteiger partial charge on any atom is -0.497 e. The van der Waals surface area contributed by atoms with Gasteiger partial charge >= 0.3 is 12.0 Å². The largest absolute Gasteiger partial charge is 0.497 e. The molecule has 0 fully saturated rings. The van der Waals surface area contributed by atoms with E-state index in [4.69, 9.17) is 14.2 Å². The Labute approximate surface area is 174 Å². The third-order valence-electron chi connectivity index (χ3n) is 4.72. The van der Waals surface area contributed by atoms with Crippen LogP contribution in [0.5, 0.6) is 5.75 Å². The minimum absolute atomic E-state index is 0.0336. The SMILES string of the molecule is CCOC(=O)c1c(NC(=O)Nc2ccc(OC)cc2)sc2c1C[C@H](C(C)C)OC2. The molecule has 1 aliphatic rings. The zero-order chi connectivity index (χ0) is 21.0. The number of ether oxygens (including phenoxy) is 3. The van der Waals surface area contributed by atoms with Gasteiger partial charge in [-0.2, -0.15) is 0 Å². The van der Waals surface area contributed by atoms with Crippen LogP contribution in [0.4, 0.5) is 15.5 Å². The number of hydrogen-bond donors (Lipinski definition) is 2. The van der Waals surface area contributed by atoms with Crippen molar-refractivity contribution in [2.75, 3.05) is 24.4 Å². The molecule has 29 heavy (non-hydrogen) atoms. The molecule has 2 amide bonds. The van der Waals surface area contributed by atoms with Gasteiger partial charge in [0.2, 0.25) is 0 Å². The van der Waals surface area contributed by atoms with Crippen LogP contribution >= 0.6 is 11.3 Å². The Bertz CT molecular complexity index is 876. The average molecular weight is 419 g/mol. The molecule has 0 spiro atoms. The molecule has 1 aromatic carbocycles. The molecule has 156 valence electrons. The van der Waals surface area contributed by atoms with Crippen molar-refractivity contribution in [2.45, 2.75) is 39.9 Å².